The Morgan fingerprint density at radius 3 is 2.79 bits per heavy atom. The Hall–Kier alpha value is -3.26. The minimum Gasteiger partial charge on any atom is -0.356 e. The Labute approximate surface area is 173 Å². The number of aromatic nitrogens is 2. The summed E-state index contributed by atoms with van der Waals surface area (Å²) >= 11 is 1.48. The van der Waals surface area contributed by atoms with Gasteiger partial charge in [0, 0.05) is 32.1 Å². The molecule has 148 valence electrons. The Kier molecular flexibility index (Phi) is 5.81. The maximum atomic E-state index is 12.8. The monoisotopic (exact) mass is 406 g/mol. The summed E-state index contributed by atoms with van der Waals surface area (Å²) in [5.41, 5.74) is 2.89. The predicted octanol–water partition coefficient (Wildman–Crippen LogP) is 3.24. The first kappa shape index (κ1) is 19.1. The zero-order valence-corrected chi connectivity index (χ0v) is 16.9. The lowest BCUT2D eigenvalue weighted by molar-refractivity contribution is 0.0779. The first-order valence-electron chi connectivity index (χ1n) is 9.47. The fourth-order valence-electron chi connectivity index (χ4n) is 2.99. The fourth-order valence-corrected chi connectivity index (χ4v) is 3.69. The van der Waals surface area contributed by atoms with Crippen molar-refractivity contribution in [2.75, 3.05) is 25.5 Å². The van der Waals surface area contributed by atoms with E-state index in [4.69, 9.17) is 0 Å². The van der Waals surface area contributed by atoms with Gasteiger partial charge in [0.15, 0.2) is 11.1 Å². The predicted molar refractivity (Wildman–Crippen MR) is 116 cm³/mol. The van der Waals surface area contributed by atoms with Crippen molar-refractivity contribution >= 4 is 28.3 Å². The topological polar surface area (TPSA) is 82.5 Å². The summed E-state index contributed by atoms with van der Waals surface area (Å²) in [6.07, 6.45) is 1.04. The van der Waals surface area contributed by atoms with E-state index in [1.165, 1.54) is 11.3 Å². The molecule has 0 atom stereocenters. The van der Waals surface area contributed by atoms with Gasteiger partial charge in [0.1, 0.15) is 11.4 Å². The Bertz CT molecular complexity index is 1020. The minimum absolute atomic E-state index is 0.120. The van der Waals surface area contributed by atoms with Crippen molar-refractivity contribution in [3.05, 3.63) is 65.2 Å². The summed E-state index contributed by atoms with van der Waals surface area (Å²) in [5.74, 6) is 0.626. The molecule has 1 aromatic carbocycles. The molecule has 0 unspecified atom stereocenters. The second-order valence-corrected chi connectivity index (χ2v) is 7.59. The van der Waals surface area contributed by atoms with Crippen molar-refractivity contribution < 1.29 is 4.79 Å². The van der Waals surface area contributed by atoms with Crippen LogP contribution in [0.4, 0.5) is 5.13 Å². The molecule has 3 heterocycles. The van der Waals surface area contributed by atoms with Crippen LogP contribution in [0.25, 0.3) is 11.4 Å². The summed E-state index contributed by atoms with van der Waals surface area (Å²) in [6.45, 7) is 2.26. The van der Waals surface area contributed by atoms with Gasteiger partial charge in [-0.3, -0.25) is 9.79 Å². The molecule has 0 radical (unpaired) electrons. The van der Waals surface area contributed by atoms with Crippen LogP contribution in [0.3, 0.4) is 0 Å². The molecule has 3 aromatic rings. The summed E-state index contributed by atoms with van der Waals surface area (Å²) < 4.78 is 0. The van der Waals surface area contributed by atoms with Gasteiger partial charge in [0.25, 0.3) is 5.91 Å². The number of pyridine rings is 1. The SMILES string of the molecule is CN(Cc1ccccc1)C(=O)c1cccc(-c2csc(NC3=NCCCN3)n2)n1. The normalized spacial score (nSPS) is 13.3. The molecule has 1 aliphatic heterocycles. The summed E-state index contributed by atoms with van der Waals surface area (Å²) in [5, 5.41) is 9.08. The van der Waals surface area contributed by atoms with E-state index in [-0.39, 0.29) is 5.91 Å². The van der Waals surface area contributed by atoms with Crippen LogP contribution in [-0.4, -0.2) is 46.9 Å². The third kappa shape index (κ3) is 4.78. The van der Waals surface area contributed by atoms with Gasteiger partial charge in [-0.05, 0) is 24.1 Å². The molecule has 4 rings (SSSR count). The summed E-state index contributed by atoms with van der Waals surface area (Å²) in [6, 6.07) is 15.3. The number of guanidine groups is 1. The lowest BCUT2D eigenvalue weighted by Gasteiger charge is -2.17. The van der Waals surface area contributed by atoms with E-state index in [0.717, 1.165) is 41.9 Å². The van der Waals surface area contributed by atoms with E-state index >= 15 is 0 Å². The standard InChI is InChI=1S/C21H22N6OS/c1-27(13-15-7-3-2-4-8-15)19(28)17-10-5-9-16(24-17)18-14-29-21(25-18)26-20-22-11-6-12-23-20/h2-5,7-10,14H,6,11-13H2,1H3,(H2,22,23,25,26). The average molecular weight is 407 g/mol. The molecule has 8 heteroatoms. The van der Waals surface area contributed by atoms with Crippen molar-refractivity contribution in [2.24, 2.45) is 4.99 Å². The highest BCUT2D eigenvalue weighted by Gasteiger charge is 2.16. The number of carbonyl (C=O) groups excluding carboxylic acids is 1. The molecule has 1 amide bonds. The number of anilines is 1. The zero-order valence-electron chi connectivity index (χ0n) is 16.1. The number of hydrogen-bond acceptors (Lipinski definition) is 7. The van der Waals surface area contributed by atoms with E-state index in [0.29, 0.717) is 17.9 Å². The number of carbonyl (C=O) groups is 1. The van der Waals surface area contributed by atoms with Crippen LogP contribution in [0.2, 0.25) is 0 Å². The third-order valence-corrected chi connectivity index (χ3v) is 5.22. The molecule has 0 fully saturated rings. The molecular weight excluding hydrogens is 384 g/mol. The molecule has 29 heavy (non-hydrogen) atoms. The van der Waals surface area contributed by atoms with E-state index in [1.54, 1.807) is 18.0 Å². The van der Waals surface area contributed by atoms with Gasteiger partial charge in [-0.15, -0.1) is 11.3 Å². The van der Waals surface area contributed by atoms with Gasteiger partial charge in [0.2, 0.25) is 0 Å². The van der Waals surface area contributed by atoms with Crippen LogP contribution in [0, 0.1) is 0 Å². The number of aliphatic imine (C=N–C) groups is 1. The number of amides is 1. The molecule has 2 N–H and O–H groups in total. The van der Waals surface area contributed by atoms with Crippen LogP contribution >= 0.6 is 11.3 Å². The smallest absolute Gasteiger partial charge is 0.272 e. The number of hydrogen-bond donors (Lipinski definition) is 2. The van der Waals surface area contributed by atoms with Gasteiger partial charge >= 0.3 is 0 Å². The van der Waals surface area contributed by atoms with Crippen LogP contribution in [0.5, 0.6) is 0 Å². The number of thiazole rings is 1. The van der Waals surface area contributed by atoms with E-state index < -0.39 is 0 Å². The first-order valence-corrected chi connectivity index (χ1v) is 10.3. The second-order valence-electron chi connectivity index (χ2n) is 6.73. The van der Waals surface area contributed by atoms with Crippen molar-refractivity contribution in [3.63, 3.8) is 0 Å². The maximum absolute atomic E-state index is 12.8. The van der Waals surface area contributed by atoms with Crippen LogP contribution < -0.4 is 10.6 Å². The molecule has 0 aliphatic carbocycles. The van der Waals surface area contributed by atoms with Crippen LogP contribution in [-0.2, 0) is 6.54 Å². The van der Waals surface area contributed by atoms with Crippen molar-refractivity contribution in [1.82, 2.24) is 20.2 Å². The van der Waals surface area contributed by atoms with Crippen LogP contribution in [0.15, 0.2) is 58.9 Å². The molecule has 0 spiro atoms. The number of rotatable bonds is 5. The number of nitrogens with zero attached hydrogens (tertiary/aromatic N) is 4. The van der Waals surface area contributed by atoms with Gasteiger partial charge in [-0.25, -0.2) is 9.97 Å². The van der Waals surface area contributed by atoms with Crippen molar-refractivity contribution in [2.45, 2.75) is 13.0 Å². The maximum Gasteiger partial charge on any atom is 0.272 e. The number of benzene rings is 1. The van der Waals surface area contributed by atoms with Gasteiger partial charge in [-0.1, -0.05) is 36.4 Å². The highest BCUT2D eigenvalue weighted by Crippen LogP contribution is 2.24. The minimum atomic E-state index is -0.120. The molecular formula is C21H22N6OS. The molecule has 0 saturated carbocycles. The largest absolute Gasteiger partial charge is 0.356 e. The second kappa shape index (κ2) is 8.83. The van der Waals surface area contributed by atoms with E-state index in [2.05, 4.69) is 25.6 Å². The molecule has 2 aromatic heterocycles. The summed E-state index contributed by atoms with van der Waals surface area (Å²) in [7, 11) is 1.78. The molecule has 1 aliphatic rings. The number of nitrogens with one attached hydrogen (secondary N) is 2. The molecule has 7 nitrogen and oxygen atoms in total. The first-order chi connectivity index (χ1) is 14.2. The lowest BCUT2D eigenvalue weighted by atomic mass is 10.2. The quantitative estimate of drug-likeness (QED) is 0.680. The fraction of sp³-hybridized carbons (Fsp3) is 0.238. The van der Waals surface area contributed by atoms with Crippen molar-refractivity contribution in [3.8, 4) is 11.4 Å². The Morgan fingerprint density at radius 1 is 1.14 bits per heavy atom. The Morgan fingerprint density at radius 2 is 2.00 bits per heavy atom. The summed E-state index contributed by atoms with van der Waals surface area (Å²) in [4.78, 5) is 28.0. The van der Waals surface area contributed by atoms with Gasteiger partial charge in [-0.2, -0.15) is 0 Å². The third-order valence-electron chi connectivity index (χ3n) is 4.47. The highest BCUT2D eigenvalue weighted by atomic mass is 32.1. The average Bonchev–Trinajstić information content (AvgIpc) is 3.23. The lowest BCUT2D eigenvalue weighted by Crippen LogP contribution is -2.35. The molecule has 0 saturated heterocycles. The highest BCUT2D eigenvalue weighted by molar-refractivity contribution is 7.14. The van der Waals surface area contributed by atoms with Gasteiger partial charge in [0.05, 0.1) is 5.69 Å². The molecule has 0 bridgehead atoms. The Balaban J connectivity index is 1.47. The van der Waals surface area contributed by atoms with E-state index in [9.17, 15) is 4.79 Å². The van der Waals surface area contributed by atoms with E-state index in [1.807, 2.05) is 47.8 Å². The zero-order chi connectivity index (χ0) is 20.1. The van der Waals surface area contributed by atoms with Gasteiger partial charge < -0.3 is 15.5 Å². The van der Waals surface area contributed by atoms with Crippen LogP contribution in [0.1, 0.15) is 22.5 Å². The van der Waals surface area contributed by atoms with Crippen molar-refractivity contribution in [1.29, 1.82) is 0 Å².